The number of hydrogen-bond acceptors (Lipinski definition) is 11. The Labute approximate surface area is 130 Å². The molecule has 0 radical (unpaired) electrons. The van der Waals surface area contributed by atoms with Gasteiger partial charge >= 0.3 is 0 Å². The van der Waals surface area contributed by atoms with Gasteiger partial charge in [-0.1, -0.05) is 0 Å². The molecule has 0 spiro atoms. The topological polar surface area (TPSA) is 197 Å². The van der Waals surface area contributed by atoms with E-state index in [-0.39, 0.29) is 6.29 Å². The van der Waals surface area contributed by atoms with Gasteiger partial charge in [0.25, 0.3) is 0 Å². The maximum atomic E-state index is 11.0. The summed E-state index contributed by atoms with van der Waals surface area (Å²) < 4.78 is 9.94. The van der Waals surface area contributed by atoms with E-state index < -0.39 is 68.3 Å². The number of carbonyl (C=O) groups excluding carboxylic acids is 1. The van der Waals surface area contributed by atoms with E-state index in [4.69, 9.17) is 19.7 Å². The Kier molecular flexibility index (Phi) is 7.89. The van der Waals surface area contributed by atoms with Crippen LogP contribution in [0.4, 0.5) is 0 Å². The van der Waals surface area contributed by atoms with E-state index in [9.17, 15) is 35.4 Å². The molecule has 1 rings (SSSR count). The highest BCUT2D eigenvalue weighted by Gasteiger charge is 2.46. The SMILES string of the molecule is O=C[C@@H](O[C@H]1O[C@H](CO)[C@@H](O)[C@H](O)[C@@H]1O)[C@@H](O)[C@H](O)[C@H](O)CO. The van der Waals surface area contributed by atoms with Gasteiger partial charge in [-0.25, -0.2) is 0 Å². The van der Waals surface area contributed by atoms with Crippen molar-refractivity contribution in [2.24, 2.45) is 0 Å². The Morgan fingerprint density at radius 3 is 2.09 bits per heavy atom. The molecule has 0 unspecified atom stereocenters. The van der Waals surface area contributed by atoms with Crippen molar-refractivity contribution < 1.29 is 55.1 Å². The van der Waals surface area contributed by atoms with Gasteiger partial charge in [-0.3, -0.25) is 0 Å². The molecule has 0 aromatic carbocycles. The average Bonchev–Trinajstić information content (AvgIpc) is 2.57. The van der Waals surface area contributed by atoms with Crippen LogP contribution < -0.4 is 0 Å². The maximum absolute atomic E-state index is 11.0. The Hall–Kier alpha value is -0.730. The first-order valence-electron chi connectivity index (χ1n) is 6.84. The predicted molar refractivity (Wildman–Crippen MR) is 69.8 cm³/mol. The molecule has 136 valence electrons. The molecule has 1 heterocycles. The fourth-order valence-corrected chi connectivity index (χ4v) is 2.06. The van der Waals surface area contributed by atoms with E-state index in [1.54, 1.807) is 0 Å². The smallest absolute Gasteiger partial charge is 0.187 e. The summed E-state index contributed by atoms with van der Waals surface area (Å²) >= 11 is 0. The number of rotatable bonds is 8. The minimum atomic E-state index is -1.97. The standard InChI is InChI=1S/C12H22O11/c13-1-4(16)7(17)8(18)5(2-14)22-12-11(21)10(20)9(19)6(3-15)23-12/h2,4-13,15-21H,1,3H2/t4-,5-,6-,7-,8-,9-,10+,11+,12+/m1/s1. The zero-order valence-electron chi connectivity index (χ0n) is 12.0. The van der Waals surface area contributed by atoms with Gasteiger partial charge in [0.1, 0.15) is 48.8 Å². The average molecular weight is 342 g/mol. The summed E-state index contributed by atoms with van der Waals surface area (Å²) in [4.78, 5) is 11.0. The molecule has 1 fully saturated rings. The third-order valence-electron chi connectivity index (χ3n) is 3.54. The van der Waals surface area contributed by atoms with Crippen molar-refractivity contribution >= 4 is 6.29 Å². The fraction of sp³-hybridized carbons (Fsp3) is 0.917. The Bertz CT molecular complexity index is 365. The molecular formula is C12H22O11. The highest BCUT2D eigenvalue weighted by molar-refractivity contribution is 5.57. The molecule has 1 aliphatic heterocycles. The Morgan fingerprint density at radius 2 is 1.61 bits per heavy atom. The Balaban J connectivity index is 2.79. The molecule has 0 bridgehead atoms. The first kappa shape index (κ1) is 20.3. The number of aliphatic hydroxyl groups is 8. The quantitative estimate of drug-likeness (QED) is 0.196. The molecule has 23 heavy (non-hydrogen) atoms. The van der Waals surface area contributed by atoms with Crippen molar-refractivity contribution in [1.29, 1.82) is 0 Å². The number of hydrogen-bond donors (Lipinski definition) is 8. The Morgan fingerprint density at radius 1 is 1.00 bits per heavy atom. The molecule has 0 aromatic heterocycles. The minimum absolute atomic E-state index is 0.0550. The van der Waals surface area contributed by atoms with Crippen molar-refractivity contribution in [3.63, 3.8) is 0 Å². The van der Waals surface area contributed by atoms with Crippen LogP contribution in [0, 0.1) is 0 Å². The summed E-state index contributed by atoms with van der Waals surface area (Å²) in [5.74, 6) is 0. The van der Waals surface area contributed by atoms with Crippen molar-refractivity contribution in [1.82, 2.24) is 0 Å². The first-order valence-corrected chi connectivity index (χ1v) is 6.84. The lowest BCUT2D eigenvalue weighted by molar-refractivity contribution is -0.315. The van der Waals surface area contributed by atoms with Crippen molar-refractivity contribution in [2.75, 3.05) is 13.2 Å². The van der Waals surface area contributed by atoms with Crippen molar-refractivity contribution in [3.8, 4) is 0 Å². The second kappa shape index (κ2) is 8.94. The molecule has 1 aliphatic rings. The summed E-state index contributed by atoms with van der Waals surface area (Å²) in [6.45, 7) is -1.60. The van der Waals surface area contributed by atoms with Crippen LogP contribution in [-0.4, -0.2) is 115 Å². The lowest BCUT2D eigenvalue weighted by atomic mass is 9.99. The molecule has 11 nitrogen and oxygen atoms in total. The van der Waals surface area contributed by atoms with E-state index >= 15 is 0 Å². The van der Waals surface area contributed by atoms with Gasteiger partial charge in [0.2, 0.25) is 0 Å². The van der Waals surface area contributed by atoms with Gasteiger partial charge in [-0.15, -0.1) is 0 Å². The van der Waals surface area contributed by atoms with Crippen molar-refractivity contribution in [3.05, 3.63) is 0 Å². The highest BCUT2D eigenvalue weighted by Crippen LogP contribution is 2.23. The van der Waals surface area contributed by atoms with E-state index in [0.717, 1.165) is 0 Å². The summed E-state index contributed by atoms with van der Waals surface area (Å²) in [6.07, 6.45) is -15.5. The highest BCUT2D eigenvalue weighted by atomic mass is 16.7. The van der Waals surface area contributed by atoms with Crippen LogP contribution in [0.2, 0.25) is 0 Å². The predicted octanol–water partition coefficient (Wildman–Crippen LogP) is -5.55. The van der Waals surface area contributed by atoms with Crippen LogP contribution in [0.1, 0.15) is 0 Å². The largest absolute Gasteiger partial charge is 0.394 e. The second-order valence-corrected chi connectivity index (χ2v) is 5.17. The van der Waals surface area contributed by atoms with Crippen LogP contribution in [0.3, 0.4) is 0 Å². The van der Waals surface area contributed by atoms with Gasteiger partial charge in [0.15, 0.2) is 12.6 Å². The second-order valence-electron chi connectivity index (χ2n) is 5.17. The van der Waals surface area contributed by atoms with Crippen LogP contribution in [-0.2, 0) is 14.3 Å². The van der Waals surface area contributed by atoms with Crippen LogP contribution in [0.15, 0.2) is 0 Å². The van der Waals surface area contributed by atoms with Gasteiger partial charge < -0.3 is 55.1 Å². The maximum Gasteiger partial charge on any atom is 0.187 e. The molecular weight excluding hydrogens is 320 g/mol. The summed E-state index contributed by atoms with van der Waals surface area (Å²) in [6, 6.07) is 0. The lowest BCUT2D eigenvalue weighted by Gasteiger charge is -2.41. The van der Waals surface area contributed by atoms with E-state index in [1.807, 2.05) is 0 Å². The zero-order valence-corrected chi connectivity index (χ0v) is 12.0. The van der Waals surface area contributed by atoms with Gasteiger partial charge in [0, 0.05) is 0 Å². The normalized spacial score (nSPS) is 37.0. The molecule has 0 aliphatic carbocycles. The molecule has 9 atom stereocenters. The molecule has 8 N–H and O–H groups in total. The summed E-state index contributed by atoms with van der Waals surface area (Å²) in [5.41, 5.74) is 0. The van der Waals surface area contributed by atoms with E-state index in [0.29, 0.717) is 0 Å². The number of aliphatic hydroxyl groups excluding tert-OH is 8. The van der Waals surface area contributed by atoms with Crippen LogP contribution in [0.25, 0.3) is 0 Å². The molecule has 11 heteroatoms. The molecule has 0 saturated carbocycles. The molecule has 0 amide bonds. The van der Waals surface area contributed by atoms with Crippen LogP contribution in [0.5, 0.6) is 0 Å². The number of ether oxygens (including phenoxy) is 2. The van der Waals surface area contributed by atoms with Gasteiger partial charge in [-0.2, -0.15) is 0 Å². The monoisotopic (exact) mass is 342 g/mol. The minimum Gasteiger partial charge on any atom is -0.394 e. The van der Waals surface area contributed by atoms with Crippen LogP contribution >= 0.6 is 0 Å². The van der Waals surface area contributed by atoms with Crippen molar-refractivity contribution in [2.45, 2.75) is 55.1 Å². The zero-order chi connectivity index (χ0) is 17.7. The summed E-state index contributed by atoms with van der Waals surface area (Å²) in [5, 5.41) is 75.2. The third kappa shape index (κ3) is 4.64. The van der Waals surface area contributed by atoms with E-state index in [2.05, 4.69) is 0 Å². The first-order chi connectivity index (χ1) is 10.8. The van der Waals surface area contributed by atoms with Gasteiger partial charge in [0.05, 0.1) is 13.2 Å². The number of carbonyl (C=O) groups is 1. The van der Waals surface area contributed by atoms with E-state index in [1.165, 1.54) is 0 Å². The molecule has 1 saturated heterocycles. The third-order valence-corrected chi connectivity index (χ3v) is 3.54. The number of aldehydes is 1. The van der Waals surface area contributed by atoms with Gasteiger partial charge in [-0.05, 0) is 0 Å². The fourth-order valence-electron chi connectivity index (χ4n) is 2.06. The molecule has 0 aromatic rings. The lowest BCUT2D eigenvalue weighted by Crippen LogP contribution is -2.60. The summed E-state index contributed by atoms with van der Waals surface area (Å²) in [7, 11) is 0.